The predicted octanol–water partition coefficient (Wildman–Crippen LogP) is 13.3. The molecule has 0 spiro atoms. The molecular weight excluding hydrogens is 717 g/mol. The Morgan fingerprint density at radius 3 is 2.05 bits per heavy atom. The van der Waals surface area contributed by atoms with Crippen LogP contribution in [0.4, 0.5) is 11.4 Å². The Kier molecular flexibility index (Phi) is 7.16. The third kappa shape index (κ3) is 5.11. The van der Waals surface area contributed by atoms with Gasteiger partial charge in [-0.15, -0.1) is 11.3 Å². The second kappa shape index (κ2) is 12.7. The summed E-state index contributed by atoms with van der Waals surface area (Å²) in [5.74, 6) is 2.80. The van der Waals surface area contributed by atoms with E-state index in [1.165, 1.54) is 48.2 Å². The van der Waals surface area contributed by atoms with Gasteiger partial charge in [-0.2, -0.15) is 0 Å². The summed E-state index contributed by atoms with van der Waals surface area (Å²) in [7, 11) is 0. The molecule has 6 heteroatoms. The van der Waals surface area contributed by atoms with Crippen molar-refractivity contribution in [2.75, 3.05) is 4.90 Å². The van der Waals surface area contributed by atoms with Crippen LogP contribution in [0.2, 0.25) is 0 Å². The molecule has 10 aromatic rings. The number of anilines is 2. The van der Waals surface area contributed by atoms with Crippen molar-refractivity contribution >= 4 is 59.9 Å². The summed E-state index contributed by atoms with van der Waals surface area (Å²) in [5, 5.41) is 3.55. The molecule has 5 nitrogen and oxygen atoms in total. The summed E-state index contributed by atoms with van der Waals surface area (Å²) < 4.78 is 9.18. The minimum atomic E-state index is 0.0467. The molecule has 2 aliphatic rings. The van der Waals surface area contributed by atoms with Crippen molar-refractivity contribution in [1.82, 2.24) is 15.0 Å². The molecule has 0 N–H and O–H groups in total. The minimum absolute atomic E-state index is 0.0467. The monoisotopic (exact) mass is 748 g/mol. The number of aromatic nitrogens is 3. The van der Waals surface area contributed by atoms with E-state index in [9.17, 15) is 0 Å². The van der Waals surface area contributed by atoms with Crippen LogP contribution in [-0.4, -0.2) is 21.0 Å². The van der Waals surface area contributed by atoms with Crippen LogP contribution in [0.1, 0.15) is 22.8 Å². The number of rotatable bonds is 5. The van der Waals surface area contributed by atoms with E-state index in [1.807, 2.05) is 12.1 Å². The van der Waals surface area contributed by atoms with E-state index in [4.69, 9.17) is 19.4 Å². The molecule has 1 aliphatic heterocycles. The molecule has 0 amide bonds. The summed E-state index contributed by atoms with van der Waals surface area (Å²) in [4.78, 5) is 18.2. The molecule has 3 aromatic heterocycles. The van der Waals surface area contributed by atoms with Crippen LogP contribution in [0.5, 0.6) is 0 Å². The van der Waals surface area contributed by atoms with Crippen molar-refractivity contribution in [2.24, 2.45) is 0 Å². The molecule has 12 rings (SSSR count). The van der Waals surface area contributed by atoms with Crippen LogP contribution in [0, 0.1) is 0 Å². The third-order valence-electron chi connectivity index (χ3n) is 11.5. The van der Waals surface area contributed by atoms with Crippen molar-refractivity contribution in [3.05, 3.63) is 193 Å². The molecule has 2 atom stereocenters. The maximum Gasteiger partial charge on any atom is 0.164 e. The van der Waals surface area contributed by atoms with E-state index < -0.39 is 0 Å². The minimum Gasteiger partial charge on any atom is -0.456 e. The Morgan fingerprint density at radius 2 is 1.19 bits per heavy atom. The predicted molar refractivity (Wildman–Crippen MR) is 234 cm³/mol. The highest BCUT2D eigenvalue weighted by atomic mass is 32.1. The van der Waals surface area contributed by atoms with E-state index in [-0.39, 0.29) is 12.0 Å². The van der Waals surface area contributed by atoms with Crippen molar-refractivity contribution in [1.29, 1.82) is 0 Å². The molecule has 4 heterocycles. The van der Waals surface area contributed by atoms with Crippen LogP contribution in [0.15, 0.2) is 180 Å². The zero-order valence-electron chi connectivity index (χ0n) is 30.6. The van der Waals surface area contributed by atoms with Gasteiger partial charge in [0.05, 0.1) is 6.04 Å². The van der Waals surface area contributed by atoms with Gasteiger partial charge in [-0.3, -0.25) is 0 Å². The van der Waals surface area contributed by atoms with Gasteiger partial charge >= 0.3 is 0 Å². The normalized spacial score (nSPS) is 15.6. The second-order valence-corrected chi connectivity index (χ2v) is 15.8. The zero-order valence-corrected chi connectivity index (χ0v) is 31.4. The maximum atomic E-state index is 6.70. The van der Waals surface area contributed by atoms with Crippen molar-refractivity contribution in [3.63, 3.8) is 0 Å². The summed E-state index contributed by atoms with van der Waals surface area (Å²) in [6.07, 6.45) is 4.45. The van der Waals surface area contributed by atoms with Gasteiger partial charge in [0.15, 0.2) is 17.5 Å². The molecule has 0 saturated heterocycles. The van der Waals surface area contributed by atoms with E-state index in [0.717, 1.165) is 39.0 Å². The lowest BCUT2D eigenvalue weighted by Gasteiger charge is -2.30. The van der Waals surface area contributed by atoms with E-state index in [2.05, 4.69) is 175 Å². The van der Waals surface area contributed by atoms with Crippen LogP contribution in [0.3, 0.4) is 0 Å². The zero-order chi connectivity index (χ0) is 37.5. The van der Waals surface area contributed by atoms with E-state index in [1.54, 1.807) is 11.3 Å². The lowest BCUT2D eigenvalue weighted by atomic mass is 9.82. The molecule has 268 valence electrons. The average Bonchev–Trinajstić information content (AvgIpc) is 3.96. The fraction of sp³-hybridized carbons (Fsp3) is 0.0392. The fourth-order valence-electron chi connectivity index (χ4n) is 8.94. The Bertz CT molecular complexity index is 3200. The Morgan fingerprint density at radius 1 is 0.526 bits per heavy atom. The molecule has 7 aromatic carbocycles. The molecule has 1 aliphatic carbocycles. The highest BCUT2D eigenvalue weighted by Crippen LogP contribution is 2.54. The molecule has 57 heavy (non-hydrogen) atoms. The first-order valence-electron chi connectivity index (χ1n) is 19.3. The smallest absolute Gasteiger partial charge is 0.164 e. The number of fused-ring (bicyclic) bond motifs is 10. The van der Waals surface area contributed by atoms with Gasteiger partial charge in [-0.05, 0) is 59.2 Å². The average molecular weight is 749 g/mol. The Balaban J connectivity index is 1.06. The van der Waals surface area contributed by atoms with Gasteiger partial charge in [-0.25, -0.2) is 15.0 Å². The number of para-hydroxylation sites is 2. The number of hydrogen-bond acceptors (Lipinski definition) is 6. The standard InChI is InChI=1S/C51H32N4OS/c1-3-12-31(13-4-1)32-22-24-33(25-23-32)49-52-50(34-26-27-37-36-16-8-10-21-44(36)57-45(37)30-34)54-51(53-49)39-18-11-20-42-47(39)48-43(56-42)29-28-41-46(48)38-17-7-9-19-40(38)55(41)35-14-5-2-6-15-35/h1-30,41,46H. The van der Waals surface area contributed by atoms with Crippen molar-refractivity contribution in [2.45, 2.75) is 12.0 Å². The Labute approximate surface area is 332 Å². The van der Waals surface area contributed by atoms with Crippen molar-refractivity contribution in [3.8, 4) is 45.3 Å². The highest BCUT2D eigenvalue weighted by Gasteiger charge is 2.43. The SMILES string of the molecule is C1=CC2C(c3ccccc3N2c2ccccc2)c2c1oc1cccc(-c3nc(-c4ccc(-c5ccccc5)cc4)nc(-c4ccc5c(c4)sc4ccccc45)n3)c21. The van der Waals surface area contributed by atoms with E-state index in [0.29, 0.717) is 17.5 Å². The largest absolute Gasteiger partial charge is 0.456 e. The van der Waals surface area contributed by atoms with Gasteiger partial charge in [0.1, 0.15) is 11.3 Å². The first-order valence-corrected chi connectivity index (χ1v) is 20.1. The van der Waals surface area contributed by atoms with Gasteiger partial charge in [0.25, 0.3) is 0 Å². The first kappa shape index (κ1) is 32.1. The maximum absolute atomic E-state index is 6.70. The van der Waals surface area contributed by atoms with Crippen LogP contribution >= 0.6 is 11.3 Å². The lowest BCUT2D eigenvalue weighted by molar-refractivity contribution is 0.584. The molecule has 0 fully saturated rings. The van der Waals surface area contributed by atoms with Crippen LogP contribution in [-0.2, 0) is 0 Å². The lowest BCUT2D eigenvalue weighted by Crippen LogP contribution is -2.30. The molecular formula is C51H32N4OS. The topological polar surface area (TPSA) is 55.1 Å². The molecule has 0 radical (unpaired) electrons. The number of thiophene rings is 1. The summed E-state index contributed by atoms with van der Waals surface area (Å²) in [5.41, 5.74) is 10.8. The number of hydrogen-bond donors (Lipinski definition) is 0. The van der Waals surface area contributed by atoms with Gasteiger partial charge < -0.3 is 9.32 Å². The third-order valence-corrected chi connectivity index (χ3v) is 12.6. The Hall–Kier alpha value is -7.15. The van der Waals surface area contributed by atoms with E-state index >= 15 is 0 Å². The van der Waals surface area contributed by atoms with Crippen LogP contribution < -0.4 is 4.90 Å². The van der Waals surface area contributed by atoms with Gasteiger partial charge in [0.2, 0.25) is 0 Å². The molecule has 0 bridgehead atoms. The number of furan rings is 1. The summed E-state index contributed by atoms with van der Waals surface area (Å²) in [6, 6.07) is 59.9. The highest BCUT2D eigenvalue weighted by molar-refractivity contribution is 7.25. The van der Waals surface area contributed by atoms with Crippen molar-refractivity contribution < 1.29 is 4.42 Å². The summed E-state index contributed by atoms with van der Waals surface area (Å²) >= 11 is 1.80. The number of benzene rings is 7. The van der Waals surface area contributed by atoms with Gasteiger partial charge in [0, 0.05) is 65.1 Å². The fourth-order valence-corrected chi connectivity index (χ4v) is 10.1. The quantitative estimate of drug-likeness (QED) is 0.175. The van der Waals surface area contributed by atoms with Gasteiger partial charge in [-0.1, -0.05) is 140 Å². The van der Waals surface area contributed by atoms with Crippen LogP contribution in [0.25, 0.3) is 82.5 Å². The second-order valence-electron chi connectivity index (χ2n) is 14.7. The number of nitrogens with zero attached hydrogens (tertiary/aromatic N) is 4. The summed E-state index contributed by atoms with van der Waals surface area (Å²) in [6.45, 7) is 0. The first-order chi connectivity index (χ1) is 28.2. The molecule has 2 unspecified atom stereocenters. The molecule has 0 saturated carbocycles.